The Morgan fingerprint density at radius 1 is 1.38 bits per heavy atom. The van der Waals surface area contributed by atoms with E-state index >= 15 is 0 Å². The van der Waals surface area contributed by atoms with Gasteiger partial charge in [0.2, 0.25) is 0 Å². The zero-order valence-electron chi connectivity index (χ0n) is 8.22. The number of rotatable bonds is 3. The molecule has 16 heavy (non-hydrogen) atoms. The lowest BCUT2D eigenvalue weighted by molar-refractivity contribution is -0.274. The van der Waals surface area contributed by atoms with Crippen LogP contribution in [-0.4, -0.2) is 6.36 Å². The molecule has 0 fully saturated rings. The molecule has 0 aliphatic rings. The second-order valence-corrected chi connectivity index (χ2v) is 4.24. The highest BCUT2D eigenvalue weighted by molar-refractivity contribution is 14.1. The smallest absolute Gasteiger partial charge is 0.406 e. The van der Waals surface area contributed by atoms with Crippen molar-refractivity contribution < 1.29 is 17.9 Å². The topological polar surface area (TPSA) is 9.23 Å². The molecule has 0 spiro atoms. The summed E-state index contributed by atoms with van der Waals surface area (Å²) in [6.07, 6.45) is -3.11. The van der Waals surface area contributed by atoms with Crippen LogP contribution in [0.4, 0.5) is 13.2 Å². The van der Waals surface area contributed by atoms with E-state index in [1.165, 1.54) is 12.1 Å². The first kappa shape index (κ1) is 13.3. The molecule has 1 atom stereocenters. The van der Waals surface area contributed by atoms with E-state index < -0.39 is 6.36 Å². The molecule has 87 valence electrons. The molecule has 0 saturated carbocycles. The maximum Gasteiger partial charge on any atom is 0.573 e. The van der Waals surface area contributed by atoms with E-state index in [4.69, 9.17) is 0 Å². The minimum atomic E-state index is -4.67. The van der Waals surface area contributed by atoms with Crippen LogP contribution in [0.1, 0.15) is 11.5 Å². The van der Waals surface area contributed by atoms with Crippen LogP contribution in [0.5, 0.6) is 5.75 Å². The van der Waals surface area contributed by atoms with Gasteiger partial charge in [-0.05, 0) is 53.3 Å². The van der Waals surface area contributed by atoms with Crippen molar-refractivity contribution in [2.75, 3.05) is 0 Å². The van der Waals surface area contributed by atoms with Crippen LogP contribution in [0, 0.1) is 10.5 Å². The second-order valence-electron chi connectivity index (χ2n) is 3.07. The maximum atomic E-state index is 12.0. The molecule has 1 rings (SSSR count). The molecule has 1 radical (unpaired) electrons. The van der Waals surface area contributed by atoms with Crippen molar-refractivity contribution in [1.29, 1.82) is 0 Å². The molecule has 1 nitrogen and oxygen atoms in total. The highest BCUT2D eigenvalue weighted by atomic mass is 127. The largest absolute Gasteiger partial charge is 0.573 e. The van der Waals surface area contributed by atoms with Crippen LogP contribution < -0.4 is 4.74 Å². The maximum absolute atomic E-state index is 12.0. The summed E-state index contributed by atoms with van der Waals surface area (Å²) in [6, 6.07) is 4.15. The van der Waals surface area contributed by atoms with Gasteiger partial charge in [-0.1, -0.05) is 6.08 Å². The van der Waals surface area contributed by atoms with Gasteiger partial charge in [0.05, 0.1) is 0 Å². The third kappa shape index (κ3) is 3.70. The van der Waals surface area contributed by atoms with E-state index in [2.05, 4.69) is 18.2 Å². The van der Waals surface area contributed by atoms with Crippen molar-refractivity contribution in [3.05, 3.63) is 46.9 Å². The number of hydrogen-bond donors (Lipinski definition) is 0. The Morgan fingerprint density at radius 2 is 2.00 bits per heavy atom. The van der Waals surface area contributed by atoms with Crippen LogP contribution >= 0.6 is 22.6 Å². The SMILES string of the molecule is [CH2]C(C=C)c1cc(OC(F)(F)F)ccc1I. The molecule has 1 unspecified atom stereocenters. The summed E-state index contributed by atoms with van der Waals surface area (Å²) in [5.74, 6) is -0.498. The summed E-state index contributed by atoms with van der Waals surface area (Å²) in [4.78, 5) is 0. The van der Waals surface area contributed by atoms with Gasteiger partial charge in [0, 0.05) is 9.49 Å². The predicted octanol–water partition coefficient (Wildman–Crippen LogP) is 4.29. The number of alkyl halides is 3. The lowest BCUT2D eigenvalue weighted by atomic mass is 10.0. The van der Waals surface area contributed by atoms with Gasteiger partial charge < -0.3 is 4.74 Å². The fraction of sp³-hybridized carbons (Fsp3) is 0.182. The number of hydrogen-bond acceptors (Lipinski definition) is 1. The summed E-state index contributed by atoms with van der Waals surface area (Å²) in [6.45, 7) is 7.32. The number of benzene rings is 1. The van der Waals surface area contributed by atoms with E-state index in [-0.39, 0.29) is 11.7 Å². The van der Waals surface area contributed by atoms with Gasteiger partial charge in [-0.2, -0.15) is 0 Å². The molecule has 0 aliphatic carbocycles. The third-order valence-electron chi connectivity index (χ3n) is 1.89. The van der Waals surface area contributed by atoms with E-state index in [0.29, 0.717) is 5.56 Å². The summed E-state index contributed by atoms with van der Waals surface area (Å²) in [7, 11) is 0. The molecule has 1 aromatic carbocycles. The Balaban J connectivity index is 3.03. The quantitative estimate of drug-likeness (QED) is 0.589. The van der Waals surface area contributed by atoms with Crippen LogP contribution in [0.3, 0.4) is 0 Å². The van der Waals surface area contributed by atoms with E-state index in [9.17, 15) is 13.2 Å². The van der Waals surface area contributed by atoms with Crippen molar-refractivity contribution in [1.82, 2.24) is 0 Å². The van der Waals surface area contributed by atoms with Crippen LogP contribution in [-0.2, 0) is 0 Å². The number of allylic oxidation sites excluding steroid dienone is 1. The molecular formula is C11H9F3IO. The van der Waals surface area contributed by atoms with E-state index in [1.54, 1.807) is 12.1 Å². The molecule has 1 aromatic rings. The van der Waals surface area contributed by atoms with Crippen LogP contribution in [0.25, 0.3) is 0 Å². The standard InChI is InChI=1S/C11H9F3IO/c1-3-7(2)9-6-8(4-5-10(9)15)16-11(12,13)14/h3-7H,1-2H2. The molecular weight excluding hydrogens is 332 g/mol. The first-order valence-corrected chi connectivity index (χ1v) is 5.42. The van der Waals surface area contributed by atoms with Crippen LogP contribution in [0.15, 0.2) is 30.9 Å². The molecule has 0 heterocycles. The molecule has 0 aromatic heterocycles. The van der Waals surface area contributed by atoms with Crippen molar-refractivity contribution in [2.24, 2.45) is 0 Å². The third-order valence-corrected chi connectivity index (χ3v) is 2.87. The van der Waals surface area contributed by atoms with Crippen molar-refractivity contribution in [3.8, 4) is 5.75 Å². The molecule has 0 N–H and O–H groups in total. The summed E-state index contributed by atoms with van der Waals surface area (Å²) >= 11 is 2.03. The highest BCUT2D eigenvalue weighted by Gasteiger charge is 2.31. The van der Waals surface area contributed by atoms with Crippen molar-refractivity contribution in [3.63, 3.8) is 0 Å². The van der Waals surface area contributed by atoms with Gasteiger partial charge >= 0.3 is 6.36 Å². The Bertz CT molecular complexity index is 387. The lowest BCUT2D eigenvalue weighted by Crippen LogP contribution is -2.17. The van der Waals surface area contributed by atoms with E-state index in [1.807, 2.05) is 22.6 Å². The van der Waals surface area contributed by atoms with Gasteiger partial charge in [0.1, 0.15) is 5.75 Å². The highest BCUT2D eigenvalue weighted by Crippen LogP contribution is 2.29. The zero-order valence-corrected chi connectivity index (χ0v) is 10.4. The Morgan fingerprint density at radius 3 is 2.50 bits per heavy atom. The molecule has 0 aliphatic heterocycles. The fourth-order valence-corrected chi connectivity index (χ4v) is 1.87. The van der Waals surface area contributed by atoms with Crippen molar-refractivity contribution in [2.45, 2.75) is 12.3 Å². The first-order valence-electron chi connectivity index (χ1n) is 4.34. The summed E-state index contributed by atoms with van der Waals surface area (Å²) in [5, 5.41) is 0. The molecule has 0 bridgehead atoms. The van der Waals surface area contributed by atoms with Gasteiger partial charge in [0.25, 0.3) is 0 Å². The summed E-state index contributed by atoms with van der Waals surface area (Å²) < 4.78 is 40.6. The average molecular weight is 341 g/mol. The Hall–Kier alpha value is -0.720. The lowest BCUT2D eigenvalue weighted by Gasteiger charge is -2.13. The zero-order chi connectivity index (χ0) is 12.3. The Kier molecular flexibility index (Phi) is 4.23. The van der Waals surface area contributed by atoms with Gasteiger partial charge in [-0.15, -0.1) is 19.8 Å². The fourth-order valence-electron chi connectivity index (χ4n) is 1.13. The first-order chi connectivity index (χ1) is 7.33. The van der Waals surface area contributed by atoms with E-state index in [0.717, 1.165) is 3.57 Å². The number of ether oxygens (including phenoxy) is 1. The van der Waals surface area contributed by atoms with Crippen LogP contribution in [0.2, 0.25) is 0 Å². The number of halogens is 4. The second kappa shape index (κ2) is 5.07. The normalized spacial score (nSPS) is 13.3. The monoisotopic (exact) mass is 341 g/mol. The summed E-state index contributed by atoms with van der Waals surface area (Å²) in [5.41, 5.74) is 0.664. The minimum absolute atomic E-state index is 0.238. The van der Waals surface area contributed by atoms with Gasteiger partial charge in [0.15, 0.2) is 0 Å². The molecule has 0 saturated heterocycles. The van der Waals surface area contributed by atoms with Gasteiger partial charge in [-0.3, -0.25) is 0 Å². The molecule has 0 amide bonds. The minimum Gasteiger partial charge on any atom is -0.406 e. The predicted molar refractivity (Wildman–Crippen MR) is 64.1 cm³/mol. The molecule has 5 heteroatoms. The van der Waals surface area contributed by atoms with Crippen molar-refractivity contribution >= 4 is 22.6 Å². The average Bonchev–Trinajstić information content (AvgIpc) is 2.18. The Labute approximate surface area is 105 Å². The van der Waals surface area contributed by atoms with Gasteiger partial charge in [-0.25, -0.2) is 0 Å².